The van der Waals surface area contributed by atoms with Gasteiger partial charge in [-0.25, -0.2) is 0 Å². The molecule has 0 spiro atoms. The van der Waals surface area contributed by atoms with Crippen molar-refractivity contribution in [2.24, 2.45) is 11.8 Å². The van der Waals surface area contributed by atoms with E-state index in [0.29, 0.717) is 25.6 Å². The molecule has 0 aromatic rings. The van der Waals surface area contributed by atoms with Gasteiger partial charge in [-0.05, 0) is 25.7 Å². The molecule has 120 valence electrons. The molecule has 0 aliphatic heterocycles. The van der Waals surface area contributed by atoms with Crippen LogP contribution in [-0.2, 0) is 14.3 Å². The molecular weight excluding hydrogens is 268 g/mol. The second kappa shape index (κ2) is 8.37. The van der Waals surface area contributed by atoms with Gasteiger partial charge in [0.1, 0.15) is 0 Å². The normalized spacial score (nSPS) is 26.0. The summed E-state index contributed by atoms with van der Waals surface area (Å²) in [5, 5.41) is 6.02. The summed E-state index contributed by atoms with van der Waals surface area (Å²) >= 11 is 0. The molecule has 2 saturated carbocycles. The summed E-state index contributed by atoms with van der Waals surface area (Å²) in [6.45, 7) is 1.27. The molecule has 2 rings (SSSR count). The Bertz CT molecular complexity index is 351. The zero-order chi connectivity index (χ0) is 15.1. The number of rotatable bonds is 7. The molecule has 0 aromatic heterocycles. The molecule has 2 N–H and O–H groups in total. The average molecular weight is 296 g/mol. The van der Waals surface area contributed by atoms with Crippen molar-refractivity contribution in [1.29, 1.82) is 0 Å². The number of hydrogen-bond donors (Lipinski definition) is 2. The maximum absolute atomic E-state index is 12.2. The van der Waals surface area contributed by atoms with Gasteiger partial charge in [0.15, 0.2) is 0 Å². The summed E-state index contributed by atoms with van der Waals surface area (Å²) < 4.78 is 4.94. The van der Waals surface area contributed by atoms with Crippen molar-refractivity contribution in [3.63, 3.8) is 0 Å². The van der Waals surface area contributed by atoms with E-state index >= 15 is 0 Å². The number of ether oxygens (including phenoxy) is 1. The average Bonchev–Trinajstić information content (AvgIpc) is 3.27. The van der Waals surface area contributed by atoms with Crippen LogP contribution in [0.15, 0.2) is 0 Å². The van der Waals surface area contributed by atoms with Gasteiger partial charge in [-0.1, -0.05) is 25.7 Å². The van der Waals surface area contributed by atoms with Gasteiger partial charge in [-0.3, -0.25) is 9.59 Å². The Morgan fingerprint density at radius 3 is 2.38 bits per heavy atom. The molecule has 0 saturated heterocycles. The van der Waals surface area contributed by atoms with Crippen LogP contribution in [0.1, 0.15) is 51.4 Å². The number of methoxy groups -OCH3 is 1. The maximum Gasteiger partial charge on any atom is 0.224 e. The van der Waals surface area contributed by atoms with Crippen LogP contribution in [-0.4, -0.2) is 38.1 Å². The highest BCUT2D eigenvalue weighted by molar-refractivity contribution is 5.92. The van der Waals surface area contributed by atoms with Crippen LogP contribution in [0.25, 0.3) is 0 Å². The third-order valence-electron chi connectivity index (χ3n) is 4.49. The number of hydrogen-bond acceptors (Lipinski definition) is 3. The maximum atomic E-state index is 12.2. The van der Waals surface area contributed by atoms with Gasteiger partial charge >= 0.3 is 0 Å². The Morgan fingerprint density at radius 1 is 1.05 bits per heavy atom. The van der Waals surface area contributed by atoms with E-state index in [4.69, 9.17) is 4.74 Å². The van der Waals surface area contributed by atoms with Crippen LogP contribution >= 0.6 is 0 Å². The van der Waals surface area contributed by atoms with Gasteiger partial charge in [0.05, 0.1) is 11.8 Å². The first-order chi connectivity index (χ1) is 10.2. The van der Waals surface area contributed by atoms with Gasteiger partial charge in [0.2, 0.25) is 11.8 Å². The van der Waals surface area contributed by atoms with Crippen molar-refractivity contribution in [1.82, 2.24) is 10.6 Å². The third kappa shape index (κ3) is 5.30. The van der Waals surface area contributed by atoms with E-state index in [1.165, 1.54) is 25.7 Å². The van der Waals surface area contributed by atoms with Crippen molar-refractivity contribution in [3.8, 4) is 0 Å². The zero-order valence-electron chi connectivity index (χ0n) is 13.0. The lowest BCUT2D eigenvalue weighted by atomic mass is 10.1. The Morgan fingerprint density at radius 2 is 1.71 bits per heavy atom. The fourth-order valence-corrected chi connectivity index (χ4v) is 3.07. The monoisotopic (exact) mass is 296 g/mol. The highest BCUT2D eigenvalue weighted by Crippen LogP contribution is 2.39. The summed E-state index contributed by atoms with van der Waals surface area (Å²) in [5.41, 5.74) is 0. The van der Waals surface area contributed by atoms with Crippen molar-refractivity contribution in [2.75, 3.05) is 20.3 Å². The summed E-state index contributed by atoms with van der Waals surface area (Å²) in [5.74, 6) is -0.111. The van der Waals surface area contributed by atoms with E-state index in [2.05, 4.69) is 10.6 Å². The molecule has 2 fully saturated rings. The Hall–Kier alpha value is -1.10. The number of carbonyl (C=O) groups excluding carboxylic acids is 2. The van der Waals surface area contributed by atoms with E-state index in [1.807, 2.05) is 0 Å². The van der Waals surface area contributed by atoms with E-state index in [1.54, 1.807) is 7.11 Å². The summed E-state index contributed by atoms with van der Waals surface area (Å²) in [4.78, 5) is 24.1. The fourth-order valence-electron chi connectivity index (χ4n) is 3.07. The van der Waals surface area contributed by atoms with Crippen LogP contribution in [0.4, 0.5) is 0 Å². The number of amides is 2. The molecule has 5 heteroatoms. The quantitative estimate of drug-likeness (QED) is 0.554. The Kier molecular flexibility index (Phi) is 6.49. The second-order valence-electron chi connectivity index (χ2n) is 6.28. The molecule has 2 aliphatic rings. The van der Waals surface area contributed by atoms with Crippen molar-refractivity contribution in [2.45, 2.75) is 57.4 Å². The largest absolute Gasteiger partial charge is 0.385 e. The van der Waals surface area contributed by atoms with Crippen LogP contribution < -0.4 is 10.6 Å². The minimum absolute atomic E-state index is 0.0205. The van der Waals surface area contributed by atoms with Gasteiger partial charge < -0.3 is 15.4 Å². The molecular formula is C16H28N2O3. The summed E-state index contributed by atoms with van der Waals surface area (Å²) in [6.07, 6.45) is 8.67. The Balaban J connectivity index is 1.64. The first kappa shape index (κ1) is 16.3. The minimum atomic E-state index is -0.113. The van der Waals surface area contributed by atoms with Crippen molar-refractivity contribution >= 4 is 11.8 Å². The molecule has 0 aromatic carbocycles. The van der Waals surface area contributed by atoms with Crippen molar-refractivity contribution < 1.29 is 14.3 Å². The number of nitrogens with one attached hydrogen (secondary N) is 2. The second-order valence-corrected chi connectivity index (χ2v) is 6.28. The van der Waals surface area contributed by atoms with E-state index in [9.17, 15) is 9.59 Å². The fraction of sp³-hybridized carbons (Fsp3) is 0.875. The minimum Gasteiger partial charge on any atom is -0.385 e. The van der Waals surface area contributed by atoms with Gasteiger partial charge in [0.25, 0.3) is 0 Å². The molecule has 2 unspecified atom stereocenters. The molecule has 0 bridgehead atoms. The third-order valence-corrected chi connectivity index (χ3v) is 4.49. The first-order valence-electron chi connectivity index (χ1n) is 8.29. The van der Waals surface area contributed by atoms with Crippen LogP contribution in [0.3, 0.4) is 0 Å². The molecule has 2 atom stereocenters. The zero-order valence-corrected chi connectivity index (χ0v) is 13.0. The molecule has 21 heavy (non-hydrogen) atoms. The summed E-state index contributed by atoms with van der Waals surface area (Å²) in [6, 6.07) is 0.325. The van der Waals surface area contributed by atoms with Crippen LogP contribution in [0, 0.1) is 11.8 Å². The number of carbonyl (C=O) groups is 2. The topological polar surface area (TPSA) is 67.4 Å². The van der Waals surface area contributed by atoms with E-state index < -0.39 is 0 Å². The lowest BCUT2D eigenvalue weighted by molar-refractivity contribution is -0.127. The first-order valence-corrected chi connectivity index (χ1v) is 8.29. The van der Waals surface area contributed by atoms with Gasteiger partial charge in [-0.15, -0.1) is 0 Å². The molecule has 2 amide bonds. The highest BCUT2D eigenvalue weighted by atomic mass is 16.5. The smallest absolute Gasteiger partial charge is 0.224 e. The van der Waals surface area contributed by atoms with Crippen LogP contribution in [0.5, 0.6) is 0 Å². The van der Waals surface area contributed by atoms with E-state index in [0.717, 1.165) is 19.3 Å². The lowest BCUT2D eigenvalue weighted by Crippen LogP contribution is -2.37. The van der Waals surface area contributed by atoms with Crippen LogP contribution in [0.2, 0.25) is 0 Å². The van der Waals surface area contributed by atoms with E-state index in [-0.39, 0.29) is 23.7 Å². The van der Waals surface area contributed by atoms with Gasteiger partial charge in [0, 0.05) is 26.3 Å². The lowest BCUT2D eigenvalue weighted by Gasteiger charge is -2.16. The van der Waals surface area contributed by atoms with Gasteiger partial charge in [-0.2, -0.15) is 0 Å². The molecule has 0 radical (unpaired) electrons. The highest BCUT2D eigenvalue weighted by Gasteiger charge is 2.48. The molecule has 2 aliphatic carbocycles. The predicted molar refractivity (Wildman–Crippen MR) is 80.7 cm³/mol. The summed E-state index contributed by atoms with van der Waals surface area (Å²) in [7, 11) is 1.65. The molecule has 0 heterocycles. The predicted octanol–water partition coefficient (Wildman–Crippen LogP) is 1.61. The SMILES string of the molecule is COCCCNC(=O)C1CC1C(=O)NC1CCCCCC1. The molecule has 5 nitrogen and oxygen atoms in total. The Labute approximate surface area is 127 Å². The standard InChI is InChI=1S/C16H28N2O3/c1-21-10-6-9-17-15(19)13-11-14(13)16(20)18-12-7-4-2-3-5-8-12/h12-14H,2-11H2,1H3,(H,17,19)(H,18,20). The van der Waals surface area contributed by atoms with Crippen molar-refractivity contribution in [3.05, 3.63) is 0 Å².